The number of aromatic nitrogens is 8. The van der Waals surface area contributed by atoms with Crippen molar-refractivity contribution >= 4 is 22.1 Å². The van der Waals surface area contributed by atoms with Gasteiger partial charge in [-0.25, -0.2) is 19.3 Å². The van der Waals surface area contributed by atoms with Gasteiger partial charge in [0.1, 0.15) is 23.1 Å². The number of hydrogen-bond acceptors (Lipinski definition) is 6. The lowest BCUT2D eigenvalue weighted by atomic mass is 10.1. The zero-order chi connectivity index (χ0) is 23.4. The lowest BCUT2D eigenvalue weighted by molar-refractivity contribution is 0.411. The van der Waals surface area contributed by atoms with Gasteiger partial charge in [0.05, 0.1) is 41.9 Å². The van der Waals surface area contributed by atoms with E-state index in [1.54, 1.807) is 24.7 Å². The highest BCUT2D eigenvalue weighted by Gasteiger charge is 2.18. The number of pyridine rings is 2. The molecule has 0 aliphatic carbocycles. The molecule has 0 atom stereocenters. The number of halogens is 1. The molecule has 2 N–H and O–H groups in total. The van der Waals surface area contributed by atoms with Crippen molar-refractivity contribution in [3.8, 4) is 39.8 Å². The number of benzene rings is 1. The zero-order valence-electron chi connectivity index (χ0n) is 18.6. The fourth-order valence-electron chi connectivity index (χ4n) is 4.08. The molecule has 0 aliphatic rings. The summed E-state index contributed by atoms with van der Waals surface area (Å²) in [5.41, 5.74) is 5.69. The van der Waals surface area contributed by atoms with Gasteiger partial charge in [-0.15, -0.1) is 0 Å². The summed E-state index contributed by atoms with van der Waals surface area (Å²) in [6.07, 6.45) is 5.19. The van der Waals surface area contributed by atoms with Crippen LogP contribution in [0.25, 0.3) is 56.1 Å². The van der Waals surface area contributed by atoms with Gasteiger partial charge in [-0.1, -0.05) is 0 Å². The average molecular weight is 454 g/mol. The van der Waals surface area contributed by atoms with Crippen molar-refractivity contribution in [3.05, 3.63) is 60.6 Å². The number of rotatable bonds is 4. The maximum atomic E-state index is 14.2. The Balaban J connectivity index is 1.50. The highest BCUT2D eigenvalue weighted by Crippen LogP contribution is 2.33. The molecule has 6 aromatic rings. The number of imidazole rings is 2. The Morgan fingerprint density at radius 2 is 1.94 bits per heavy atom. The van der Waals surface area contributed by atoms with Gasteiger partial charge in [0.25, 0.3) is 0 Å². The number of fused-ring (bicyclic) bond motifs is 2. The molecule has 0 saturated carbocycles. The first-order valence-electron chi connectivity index (χ1n) is 10.5. The van der Waals surface area contributed by atoms with Gasteiger partial charge in [-0.2, -0.15) is 5.10 Å². The lowest BCUT2D eigenvalue weighted by Crippen LogP contribution is -1.95. The normalized spacial score (nSPS) is 11.5. The fourth-order valence-corrected chi connectivity index (χ4v) is 4.08. The number of aryl methyl sites for hydroxylation is 1. The highest BCUT2D eigenvalue weighted by molar-refractivity contribution is 5.96. The number of nitrogens with zero attached hydrogens (tertiary/aromatic N) is 6. The Labute approximate surface area is 192 Å². The summed E-state index contributed by atoms with van der Waals surface area (Å²) >= 11 is 0. The van der Waals surface area contributed by atoms with Crippen molar-refractivity contribution in [3.63, 3.8) is 0 Å². The quantitative estimate of drug-likeness (QED) is 0.408. The molecule has 0 aliphatic heterocycles. The predicted octanol–water partition coefficient (Wildman–Crippen LogP) is 4.42. The maximum absolute atomic E-state index is 14.2. The minimum atomic E-state index is -0.386. The molecule has 0 saturated heterocycles. The molecule has 0 spiro atoms. The monoisotopic (exact) mass is 454 g/mol. The third kappa shape index (κ3) is 3.11. The molecule has 5 aromatic heterocycles. The lowest BCUT2D eigenvalue weighted by Gasteiger charge is -2.06. The summed E-state index contributed by atoms with van der Waals surface area (Å²) in [6, 6.07) is 8.34. The summed E-state index contributed by atoms with van der Waals surface area (Å²) in [6.45, 7) is 1.94. The van der Waals surface area contributed by atoms with Gasteiger partial charge in [-0.3, -0.25) is 10.1 Å². The summed E-state index contributed by atoms with van der Waals surface area (Å²) in [5, 5.41) is 8.35. The minimum Gasteiger partial charge on any atom is -0.497 e. The van der Waals surface area contributed by atoms with Gasteiger partial charge < -0.3 is 14.3 Å². The predicted molar refractivity (Wildman–Crippen MR) is 126 cm³/mol. The first-order valence-corrected chi connectivity index (χ1v) is 10.5. The van der Waals surface area contributed by atoms with E-state index in [1.807, 2.05) is 30.7 Å². The van der Waals surface area contributed by atoms with E-state index in [0.717, 1.165) is 33.7 Å². The maximum Gasteiger partial charge on any atom is 0.178 e. The van der Waals surface area contributed by atoms with Crippen LogP contribution in [0.5, 0.6) is 5.75 Å². The van der Waals surface area contributed by atoms with Crippen LogP contribution in [0.4, 0.5) is 4.39 Å². The topological polar surface area (TPSA) is 110 Å². The van der Waals surface area contributed by atoms with Gasteiger partial charge in [0, 0.05) is 30.3 Å². The Morgan fingerprint density at radius 3 is 2.74 bits per heavy atom. The van der Waals surface area contributed by atoms with E-state index in [-0.39, 0.29) is 5.82 Å². The summed E-state index contributed by atoms with van der Waals surface area (Å²) in [5.74, 6) is 1.49. The van der Waals surface area contributed by atoms with E-state index in [4.69, 9.17) is 4.74 Å². The largest absolute Gasteiger partial charge is 0.497 e. The van der Waals surface area contributed by atoms with E-state index in [9.17, 15) is 4.39 Å². The average Bonchev–Trinajstić information content (AvgIpc) is 3.54. The summed E-state index contributed by atoms with van der Waals surface area (Å²) in [7, 11) is 3.46. The van der Waals surface area contributed by atoms with E-state index in [2.05, 4.69) is 35.1 Å². The fraction of sp³-hybridized carbons (Fsp3) is 0.125. The van der Waals surface area contributed by atoms with Crippen molar-refractivity contribution in [1.29, 1.82) is 0 Å². The molecule has 10 heteroatoms. The van der Waals surface area contributed by atoms with Crippen LogP contribution in [0, 0.1) is 12.7 Å². The first-order chi connectivity index (χ1) is 16.5. The molecular weight excluding hydrogens is 435 g/mol. The molecule has 0 fully saturated rings. The van der Waals surface area contributed by atoms with Crippen molar-refractivity contribution in [2.24, 2.45) is 7.05 Å². The van der Waals surface area contributed by atoms with Crippen LogP contribution in [0.1, 0.15) is 5.82 Å². The van der Waals surface area contributed by atoms with Crippen LogP contribution in [-0.2, 0) is 7.05 Å². The van der Waals surface area contributed by atoms with Crippen LogP contribution in [0.2, 0.25) is 0 Å². The number of nitrogens with one attached hydrogen (secondary N) is 2. The molecule has 0 unspecified atom stereocenters. The van der Waals surface area contributed by atoms with Crippen molar-refractivity contribution in [2.45, 2.75) is 6.92 Å². The van der Waals surface area contributed by atoms with Crippen LogP contribution in [0.15, 0.2) is 48.9 Å². The highest BCUT2D eigenvalue weighted by atomic mass is 19.1. The van der Waals surface area contributed by atoms with Gasteiger partial charge in [-0.05, 0) is 36.8 Å². The van der Waals surface area contributed by atoms with Gasteiger partial charge in [0.15, 0.2) is 11.5 Å². The molecule has 0 radical (unpaired) electrons. The number of aromatic amines is 2. The minimum absolute atomic E-state index is 0.386. The number of H-pyrrole nitrogens is 2. The third-order valence-electron chi connectivity index (χ3n) is 5.96. The number of hydrogen-bond donors (Lipinski definition) is 2. The van der Waals surface area contributed by atoms with E-state index >= 15 is 0 Å². The molecule has 34 heavy (non-hydrogen) atoms. The molecule has 9 nitrogen and oxygen atoms in total. The second-order valence-electron chi connectivity index (χ2n) is 7.96. The Hall–Kier alpha value is -4.60. The van der Waals surface area contributed by atoms with Gasteiger partial charge in [0.2, 0.25) is 0 Å². The van der Waals surface area contributed by atoms with E-state index < -0.39 is 0 Å². The SMILES string of the molecule is COc1cc(F)cc(-c2ccnc3nc(-c4n[nH]c5cnc(-c6cnc(C)n6C)cc45)[nH]c23)c1. The Bertz CT molecular complexity index is 1700. The van der Waals surface area contributed by atoms with E-state index in [0.29, 0.717) is 34.0 Å². The second-order valence-corrected chi connectivity index (χ2v) is 7.96. The van der Waals surface area contributed by atoms with Crippen LogP contribution in [0.3, 0.4) is 0 Å². The summed E-state index contributed by atoms with van der Waals surface area (Å²) < 4.78 is 21.4. The van der Waals surface area contributed by atoms with Gasteiger partial charge >= 0.3 is 0 Å². The molecular formula is C24H19FN8O. The standard InChI is InChI=1S/C24H19FN8O/c1-12-27-11-20(33(12)2)18-9-17-19(10-28-18)31-32-22(17)24-29-21-16(4-5-26-23(21)30-24)13-6-14(25)8-15(7-13)34-3/h4-11H,1-3H3,(H,31,32)(H,26,29,30). The first kappa shape index (κ1) is 20.0. The van der Waals surface area contributed by atoms with Crippen LogP contribution < -0.4 is 4.74 Å². The Kier molecular flexibility index (Phi) is 4.41. The summed E-state index contributed by atoms with van der Waals surface area (Å²) in [4.78, 5) is 21.3. The van der Waals surface area contributed by atoms with Crippen LogP contribution >= 0.6 is 0 Å². The number of ether oxygens (including phenoxy) is 1. The molecule has 0 bridgehead atoms. The number of methoxy groups -OCH3 is 1. The van der Waals surface area contributed by atoms with Crippen molar-refractivity contribution < 1.29 is 9.13 Å². The molecule has 5 heterocycles. The third-order valence-corrected chi connectivity index (χ3v) is 5.96. The molecule has 0 amide bonds. The zero-order valence-corrected chi connectivity index (χ0v) is 18.6. The molecule has 168 valence electrons. The van der Waals surface area contributed by atoms with E-state index in [1.165, 1.54) is 19.2 Å². The Morgan fingerprint density at radius 1 is 1.06 bits per heavy atom. The smallest absolute Gasteiger partial charge is 0.178 e. The van der Waals surface area contributed by atoms with Crippen molar-refractivity contribution in [2.75, 3.05) is 7.11 Å². The molecule has 6 rings (SSSR count). The second kappa shape index (κ2) is 7.48. The molecule has 1 aromatic carbocycles. The van der Waals surface area contributed by atoms with Crippen LogP contribution in [-0.4, -0.2) is 46.8 Å². The van der Waals surface area contributed by atoms with Crippen molar-refractivity contribution in [1.82, 2.24) is 39.7 Å².